The molecule has 1 amide bonds. The average Bonchev–Trinajstić information content (AvgIpc) is 2.38. The lowest BCUT2D eigenvalue weighted by molar-refractivity contribution is -0.124. The monoisotopic (exact) mass is 313 g/mol. The second-order valence-electron chi connectivity index (χ2n) is 4.76. The first kappa shape index (κ1) is 15.2. The van der Waals surface area contributed by atoms with Crippen molar-refractivity contribution < 1.29 is 9.90 Å². The quantitative estimate of drug-likeness (QED) is 0.847. The van der Waals surface area contributed by atoms with Crippen LogP contribution in [0.5, 0.6) is 0 Å². The molecule has 1 rings (SSSR count). The van der Waals surface area contributed by atoms with Crippen LogP contribution in [0.1, 0.15) is 19.4 Å². The molecule has 0 radical (unpaired) electrons. The third-order valence-corrected chi connectivity index (χ3v) is 3.37. The van der Waals surface area contributed by atoms with E-state index in [-0.39, 0.29) is 24.3 Å². The molecule has 0 aliphatic heterocycles. The van der Waals surface area contributed by atoms with E-state index in [1.807, 2.05) is 38.1 Å². The maximum Gasteiger partial charge on any atom is 0.223 e. The Kier molecular flexibility index (Phi) is 6.36. The minimum absolute atomic E-state index is 0.0400. The summed E-state index contributed by atoms with van der Waals surface area (Å²) in [7, 11) is 0. The molecule has 2 atom stereocenters. The maximum absolute atomic E-state index is 11.8. The molecular weight excluding hydrogens is 294 g/mol. The third-order valence-electron chi connectivity index (χ3n) is 2.84. The van der Waals surface area contributed by atoms with Gasteiger partial charge in [-0.25, -0.2) is 0 Å². The SMILES string of the molecule is C[C@H](CO)CNC(=O)[C@@H](C)Cc1ccc(Br)cc1. The summed E-state index contributed by atoms with van der Waals surface area (Å²) >= 11 is 3.39. The van der Waals surface area contributed by atoms with Gasteiger partial charge in [-0.15, -0.1) is 0 Å². The lowest BCUT2D eigenvalue weighted by atomic mass is 10.0. The highest BCUT2D eigenvalue weighted by molar-refractivity contribution is 9.10. The predicted molar refractivity (Wildman–Crippen MR) is 76.3 cm³/mol. The molecule has 0 aliphatic rings. The lowest BCUT2D eigenvalue weighted by Gasteiger charge is -2.14. The van der Waals surface area contributed by atoms with E-state index in [2.05, 4.69) is 21.2 Å². The summed E-state index contributed by atoms with van der Waals surface area (Å²) in [5.74, 6) is 0.0871. The molecule has 4 heteroatoms. The Hall–Kier alpha value is -0.870. The molecule has 3 nitrogen and oxygen atoms in total. The highest BCUT2D eigenvalue weighted by atomic mass is 79.9. The molecule has 0 heterocycles. The number of benzene rings is 1. The summed E-state index contributed by atoms with van der Waals surface area (Å²) in [5, 5.41) is 11.7. The van der Waals surface area contributed by atoms with E-state index in [0.29, 0.717) is 6.54 Å². The Balaban J connectivity index is 2.42. The van der Waals surface area contributed by atoms with Crippen LogP contribution in [0.3, 0.4) is 0 Å². The number of nitrogens with one attached hydrogen (secondary N) is 1. The lowest BCUT2D eigenvalue weighted by Crippen LogP contribution is -2.34. The topological polar surface area (TPSA) is 49.3 Å². The van der Waals surface area contributed by atoms with Crippen molar-refractivity contribution in [2.24, 2.45) is 11.8 Å². The summed E-state index contributed by atoms with van der Waals surface area (Å²) in [6.07, 6.45) is 0.729. The van der Waals surface area contributed by atoms with Crippen molar-refractivity contribution in [1.29, 1.82) is 0 Å². The van der Waals surface area contributed by atoms with Crippen LogP contribution in [0.15, 0.2) is 28.7 Å². The van der Waals surface area contributed by atoms with Gasteiger partial charge in [0, 0.05) is 23.5 Å². The van der Waals surface area contributed by atoms with Gasteiger partial charge in [0.25, 0.3) is 0 Å². The number of amides is 1. The van der Waals surface area contributed by atoms with Crippen LogP contribution in [0.2, 0.25) is 0 Å². The zero-order valence-electron chi connectivity index (χ0n) is 10.8. The van der Waals surface area contributed by atoms with Gasteiger partial charge in [-0.3, -0.25) is 4.79 Å². The predicted octanol–water partition coefficient (Wildman–Crippen LogP) is 2.37. The first-order valence-corrected chi connectivity index (χ1v) is 6.95. The molecule has 0 bridgehead atoms. The van der Waals surface area contributed by atoms with Crippen molar-refractivity contribution in [3.05, 3.63) is 34.3 Å². The van der Waals surface area contributed by atoms with Gasteiger partial charge in [-0.1, -0.05) is 41.9 Å². The number of hydrogen-bond acceptors (Lipinski definition) is 2. The fourth-order valence-electron chi connectivity index (χ4n) is 1.58. The number of aliphatic hydroxyl groups is 1. The van der Waals surface area contributed by atoms with Gasteiger partial charge in [0.1, 0.15) is 0 Å². The molecule has 2 N–H and O–H groups in total. The molecule has 18 heavy (non-hydrogen) atoms. The Bertz CT molecular complexity index is 378. The summed E-state index contributed by atoms with van der Waals surface area (Å²) in [6.45, 7) is 4.45. The van der Waals surface area contributed by atoms with E-state index in [1.54, 1.807) is 0 Å². The third kappa shape index (κ3) is 5.19. The maximum atomic E-state index is 11.8. The van der Waals surface area contributed by atoms with Crippen LogP contribution in [-0.4, -0.2) is 24.2 Å². The van der Waals surface area contributed by atoms with E-state index >= 15 is 0 Å². The van der Waals surface area contributed by atoms with Gasteiger partial charge in [0.05, 0.1) is 0 Å². The van der Waals surface area contributed by atoms with Crippen molar-refractivity contribution in [3.8, 4) is 0 Å². The minimum atomic E-state index is -0.0583. The summed E-state index contributed by atoms with van der Waals surface area (Å²) in [6, 6.07) is 8.00. The first-order chi connectivity index (χ1) is 8.52. The van der Waals surface area contributed by atoms with Crippen LogP contribution < -0.4 is 5.32 Å². The van der Waals surface area contributed by atoms with Crippen molar-refractivity contribution in [2.75, 3.05) is 13.2 Å². The number of aliphatic hydroxyl groups excluding tert-OH is 1. The second-order valence-corrected chi connectivity index (χ2v) is 5.68. The average molecular weight is 314 g/mol. The number of halogens is 1. The van der Waals surface area contributed by atoms with Crippen molar-refractivity contribution >= 4 is 21.8 Å². The van der Waals surface area contributed by atoms with Crippen LogP contribution in [0.25, 0.3) is 0 Å². The van der Waals surface area contributed by atoms with E-state index in [9.17, 15) is 4.79 Å². The van der Waals surface area contributed by atoms with Crippen molar-refractivity contribution in [3.63, 3.8) is 0 Å². The molecule has 0 aliphatic carbocycles. The molecular formula is C14H20BrNO2. The number of rotatable bonds is 6. The summed E-state index contributed by atoms with van der Waals surface area (Å²) in [5.41, 5.74) is 1.15. The van der Waals surface area contributed by atoms with Crippen LogP contribution in [0, 0.1) is 11.8 Å². The smallest absolute Gasteiger partial charge is 0.223 e. The molecule has 1 aromatic rings. The Morgan fingerprint density at radius 3 is 2.50 bits per heavy atom. The molecule has 0 fully saturated rings. The molecule has 1 aromatic carbocycles. The van der Waals surface area contributed by atoms with Gasteiger partial charge in [0.15, 0.2) is 0 Å². The zero-order chi connectivity index (χ0) is 13.5. The highest BCUT2D eigenvalue weighted by Gasteiger charge is 2.14. The second kappa shape index (κ2) is 7.54. The highest BCUT2D eigenvalue weighted by Crippen LogP contribution is 2.14. The first-order valence-electron chi connectivity index (χ1n) is 6.16. The van der Waals surface area contributed by atoms with Gasteiger partial charge >= 0.3 is 0 Å². The minimum Gasteiger partial charge on any atom is -0.396 e. The number of carbonyl (C=O) groups is 1. The van der Waals surface area contributed by atoms with Crippen LogP contribution >= 0.6 is 15.9 Å². The van der Waals surface area contributed by atoms with E-state index in [0.717, 1.165) is 16.5 Å². The molecule has 0 saturated heterocycles. The normalized spacial score (nSPS) is 14.0. The van der Waals surface area contributed by atoms with Crippen molar-refractivity contribution in [1.82, 2.24) is 5.32 Å². The molecule has 0 aromatic heterocycles. The fraction of sp³-hybridized carbons (Fsp3) is 0.500. The fourth-order valence-corrected chi connectivity index (χ4v) is 1.84. The Labute approximate surface area is 117 Å². The van der Waals surface area contributed by atoms with E-state index < -0.39 is 0 Å². The van der Waals surface area contributed by atoms with Crippen molar-refractivity contribution in [2.45, 2.75) is 20.3 Å². The summed E-state index contributed by atoms with van der Waals surface area (Å²) < 4.78 is 1.04. The Morgan fingerprint density at radius 1 is 1.33 bits per heavy atom. The standard InChI is InChI=1S/C14H20BrNO2/c1-10(9-17)8-16-14(18)11(2)7-12-3-5-13(15)6-4-12/h3-6,10-11,17H,7-9H2,1-2H3,(H,16,18)/t10-,11-/m0/s1. The molecule has 0 unspecified atom stereocenters. The van der Waals surface area contributed by atoms with E-state index in [1.165, 1.54) is 0 Å². The van der Waals surface area contributed by atoms with Gasteiger partial charge in [-0.05, 0) is 30.0 Å². The van der Waals surface area contributed by atoms with Gasteiger partial charge in [-0.2, -0.15) is 0 Å². The van der Waals surface area contributed by atoms with E-state index in [4.69, 9.17) is 5.11 Å². The van der Waals surface area contributed by atoms with Gasteiger partial charge < -0.3 is 10.4 Å². The largest absolute Gasteiger partial charge is 0.396 e. The Morgan fingerprint density at radius 2 is 1.94 bits per heavy atom. The van der Waals surface area contributed by atoms with Crippen LogP contribution in [-0.2, 0) is 11.2 Å². The number of hydrogen-bond donors (Lipinski definition) is 2. The molecule has 100 valence electrons. The van der Waals surface area contributed by atoms with Gasteiger partial charge in [0.2, 0.25) is 5.91 Å². The number of carbonyl (C=O) groups excluding carboxylic acids is 1. The summed E-state index contributed by atoms with van der Waals surface area (Å²) in [4.78, 5) is 11.8. The molecule has 0 spiro atoms. The zero-order valence-corrected chi connectivity index (χ0v) is 12.4. The molecule has 0 saturated carbocycles. The van der Waals surface area contributed by atoms with Crippen LogP contribution in [0.4, 0.5) is 0 Å².